The number of nitrogens with one attached hydrogen (secondary N) is 2. The molecule has 1 heterocycles. The number of aryl methyl sites for hydroxylation is 1. The Labute approximate surface area is 88.9 Å². The molecule has 0 aromatic carbocycles. The fourth-order valence-electron chi connectivity index (χ4n) is 0.871. The highest BCUT2D eigenvalue weighted by molar-refractivity contribution is 5.86. The third kappa shape index (κ3) is 3.93. The van der Waals surface area contributed by atoms with Crippen LogP contribution in [-0.2, 0) is 4.79 Å². The summed E-state index contributed by atoms with van der Waals surface area (Å²) in [6, 6.07) is 0. The van der Waals surface area contributed by atoms with Gasteiger partial charge in [-0.25, -0.2) is 4.98 Å². The molecule has 1 aromatic rings. The van der Waals surface area contributed by atoms with E-state index in [0.29, 0.717) is 11.3 Å². The molecule has 0 aliphatic rings. The summed E-state index contributed by atoms with van der Waals surface area (Å²) >= 11 is 0. The van der Waals surface area contributed by atoms with Crippen LogP contribution >= 0.6 is 0 Å². The number of carbonyl (C=O) groups is 1. The van der Waals surface area contributed by atoms with Gasteiger partial charge in [0.05, 0.1) is 0 Å². The quantitative estimate of drug-likeness (QED) is 0.736. The Morgan fingerprint density at radius 2 is 1.87 bits per heavy atom. The van der Waals surface area contributed by atoms with Crippen LogP contribution in [-0.4, -0.2) is 15.9 Å². The van der Waals surface area contributed by atoms with Gasteiger partial charge in [0.1, 0.15) is 0 Å². The molecule has 0 unspecified atom stereocenters. The second-order valence-corrected chi connectivity index (χ2v) is 2.81. The van der Waals surface area contributed by atoms with Crippen molar-refractivity contribution >= 4 is 11.9 Å². The van der Waals surface area contributed by atoms with E-state index in [1.807, 2.05) is 13.8 Å². The molecule has 1 aromatic heterocycles. The Morgan fingerprint density at radius 3 is 2.27 bits per heavy atom. The van der Waals surface area contributed by atoms with E-state index in [9.17, 15) is 9.59 Å². The first kappa shape index (κ1) is 13.4. The van der Waals surface area contributed by atoms with Crippen molar-refractivity contribution in [2.24, 2.45) is 0 Å². The van der Waals surface area contributed by atoms with Gasteiger partial charge in [-0.15, -0.1) is 0 Å². The molecule has 0 bridgehead atoms. The van der Waals surface area contributed by atoms with E-state index in [4.69, 9.17) is 0 Å². The fraction of sp³-hybridized carbons (Fsp3) is 0.500. The van der Waals surface area contributed by atoms with Crippen molar-refractivity contribution in [3.63, 3.8) is 0 Å². The molecule has 2 N–H and O–H groups in total. The van der Waals surface area contributed by atoms with Gasteiger partial charge >= 0.3 is 0 Å². The van der Waals surface area contributed by atoms with Gasteiger partial charge in [0.25, 0.3) is 5.56 Å². The SMILES string of the molecule is CC.CC(=O)Nc1nc(C)c(C)c(=O)[nH]1. The Hall–Kier alpha value is -1.65. The molecule has 0 radical (unpaired) electrons. The zero-order valence-corrected chi connectivity index (χ0v) is 9.76. The van der Waals surface area contributed by atoms with Crippen LogP contribution in [0.2, 0.25) is 0 Å². The van der Waals surface area contributed by atoms with Gasteiger partial charge in [-0.1, -0.05) is 13.8 Å². The van der Waals surface area contributed by atoms with E-state index in [0.717, 1.165) is 0 Å². The van der Waals surface area contributed by atoms with Gasteiger partial charge in [0.2, 0.25) is 11.9 Å². The minimum atomic E-state index is -0.258. The number of anilines is 1. The molecule has 5 heteroatoms. The number of carbonyl (C=O) groups excluding carboxylic acids is 1. The lowest BCUT2D eigenvalue weighted by molar-refractivity contribution is -0.114. The summed E-state index contributed by atoms with van der Waals surface area (Å²) in [7, 11) is 0. The minimum absolute atomic E-state index is 0.195. The average molecular weight is 211 g/mol. The van der Waals surface area contributed by atoms with Gasteiger partial charge in [-0.2, -0.15) is 0 Å². The van der Waals surface area contributed by atoms with Gasteiger partial charge in [-0.3, -0.25) is 19.9 Å². The fourth-order valence-corrected chi connectivity index (χ4v) is 0.871. The molecule has 84 valence electrons. The summed E-state index contributed by atoms with van der Waals surface area (Å²) in [6.07, 6.45) is 0. The lowest BCUT2D eigenvalue weighted by Crippen LogP contribution is -2.18. The van der Waals surface area contributed by atoms with Crippen LogP contribution in [0.25, 0.3) is 0 Å². The van der Waals surface area contributed by atoms with Gasteiger partial charge in [0, 0.05) is 18.2 Å². The van der Waals surface area contributed by atoms with Gasteiger partial charge in [0.15, 0.2) is 0 Å². The lowest BCUT2D eigenvalue weighted by atomic mass is 10.3. The van der Waals surface area contributed by atoms with Crippen LogP contribution in [0.1, 0.15) is 32.0 Å². The van der Waals surface area contributed by atoms with E-state index >= 15 is 0 Å². The van der Waals surface area contributed by atoms with E-state index in [1.165, 1.54) is 6.92 Å². The van der Waals surface area contributed by atoms with Crippen molar-refractivity contribution in [2.45, 2.75) is 34.6 Å². The zero-order valence-electron chi connectivity index (χ0n) is 9.76. The molecule has 0 atom stereocenters. The van der Waals surface area contributed by atoms with Crippen molar-refractivity contribution in [1.82, 2.24) is 9.97 Å². The maximum absolute atomic E-state index is 11.2. The predicted octanol–water partition coefficient (Wildman–Crippen LogP) is 1.37. The molecule has 1 amide bonds. The summed E-state index contributed by atoms with van der Waals surface area (Å²) in [5.41, 5.74) is 0.956. The van der Waals surface area contributed by atoms with Crippen molar-refractivity contribution in [2.75, 3.05) is 5.32 Å². The van der Waals surface area contributed by atoms with E-state index in [2.05, 4.69) is 15.3 Å². The summed E-state index contributed by atoms with van der Waals surface area (Å²) in [5, 5.41) is 2.41. The summed E-state index contributed by atoms with van der Waals surface area (Å²) in [6.45, 7) is 8.75. The monoisotopic (exact) mass is 211 g/mol. The largest absolute Gasteiger partial charge is 0.296 e. The Kier molecular flexibility index (Phi) is 5.30. The van der Waals surface area contributed by atoms with Crippen molar-refractivity contribution in [1.29, 1.82) is 0 Å². The van der Waals surface area contributed by atoms with Crippen LogP contribution in [0.5, 0.6) is 0 Å². The topological polar surface area (TPSA) is 74.8 Å². The number of hydrogen-bond donors (Lipinski definition) is 2. The van der Waals surface area contributed by atoms with Crippen molar-refractivity contribution in [3.8, 4) is 0 Å². The third-order valence-corrected chi connectivity index (χ3v) is 1.69. The first-order chi connectivity index (χ1) is 7.00. The van der Waals surface area contributed by atoms with Crippen LogP contribution < -0.4 is 10.9 Å². The summed E-state index contributed by atoms with van der Waals surface area (Å²) in [4.78, 5) is 28.3. The Balaban J connectivity index is 0.000000921. The smallest absolute Gasteiger partial charge is 0.255 e. The second-order valence-electron chi connectivity index (χ2n) is 2.81. The highest BCUT2D eigenvalue weighted by Gasteiger charge is 2.03. The molecule has 0 saturated carbocycles. The number of rotatable bonds is 1. The van der Waals surface area contributed by atoms with Crippen LogP contribution in [0, 0.1) is 13.8 Å². The van der Waals surface area contributed by atoms with Crippen LogP contribution in [0.4, 0.5) is 5.95 Å². The molecule has 0 fully saturated rings. The van der Waals surface area contributed by atoms with E-state index in [-0.39, 0.29) is 17.4 Å². The third-order valence-electron chi connectivity index (χ3n) is 1.69. The summed E-state index contributed by atoms with van der Waals surface area (Å²) < 4.78 is 0. The van der Waals surface area contributed by atoms with Crippen LogP contribution in [0.15, 0.2) is 4.79 Å². The highest BCUT2D eigenvalue weighted by atomic mass is 16.1. The van der Waals surface area contributed by atoms with Gasteiger partial charge in [-0.05, 0) is 13.8 Å². The number of aromatic amines is 1. The maximum atomic E-state index is 11.2. The van der Waals surface area contributed by atoms with Crippen LogP contribution in [0.3, 0.4) is 0 Å². The Morgan fingerprint density at radius 1 is 1.33 bits per heavy atom. The molecule has 0 aliphatic carbocycles. The molecular formula is C10H17N3O2. The number of H-pyrrole nitrogens is 1. The van der Waals surface area contributed by atoms with Gasteiger partial charge < -0.3 is 0 Å². The predicted molar refractivity (Wildman–Crippen MR) is 60.0 cm³/mol. The molecular weight excluding hydrogens is 194 g/mol. The highest BCUT2D eigenvalue weighted by Crippen LogP contribution is 1.99. The second kappa shape index (κ2) is 5.95. The Bertz CT molecular complexity index is 396. The molecule has 0 saturated heterocycles. The van der Waals surface area contributed by atoms with Crippen molar-refractivity contribution < 1.29 is 4.79 Å². The standard InChI is InChI=1S/C8H11N3O2.C2H6/c1-4-5(2)9-8(10-6(3)12)11-7(4)13;1-2/h1-3H3,(H2,9,10,11,12,13);1-2H3. The first-order valence-electron chi connectivity index (χ1n) is 4.86. The first-order valence-corrected chi connectivity index (χ1v) is 4.86. The summed E-state index contributed by atoms with van der Waals surface area (Å²) in [5.74, 6) is -0.0630. The maximum Gasteiger partial charge on any atom is 0.255 e. The number of aromatic nitrogens is 2. The normalized spacial score (nSPS) is 8.87. The molecule has 0 spiro atoms. The van der Waals surface area contributed by atoms with Crippen molar-refractivity contribution in [3.05, 3.63) is 21.6 Å². The lowest BCUT2D eigenvalue weighted by Gasteiger charge is -2.03. The number of nitrogens with zero attached hydrogens (tertiary/aromatic N) is 1. The molecule has 15 heavy (non-hydrogen) atoms. The molecule has 1 rings (SSSR count). The number of amides is 1. The van der Waals surface area contributed by atoms with E-state index in [1.54, 1.807) is 13.8 Å². The minimum Gasteiger partial charge on any atom is -0.296 e. The molecule has 5 nitrogen and oxygen atoms in total. The average Bonchev–Trinajstić information content (AvgIpc) is 2.16. The molecule has 0 aliphatic heterocycles. The zero-order chi connectivity index (χ0) is 12.0. The van der Waals surface area contributed by atoms with E-state index < -0.39 is 0 Å². The number of hydrogen-bond acceptors (Lipinski definition) is 3.